The van der Waals surface area contributed by atoms with Gasteiger partial charge in [0.25, 0.3) is 0 Å². The van der Waals surface area contributed by atoms with Gasteiger partial charge in [0, 0.05) is 0 Å². The maximum Gasteiger partial charge on any atom is -1.00 e. The van der Waals surface area contributed by atoms with Crippen LogP contribution in [-0.2, 0) is 20.6 Å². The van der Waals surface area contributed by atoms with Crippen molar-refractivity contribution < 1.29 is 45.4 Å². The van der Waals surface area contributed by atoms with Gasteiger partial charge in [-0.15, -0.1) is 0 Å². The maximum absolute atomic E-state index is 2.63. The maximum atomic E-state index is 2.63. The number of fused-ring (bicyclic) bond motifs is 2. The van der Waals surface area contributed by atoms with Gasteiger partial charge in [-0.05, 0) is 0 Å². The molecule has 2 aliphatic rings. The molecule has 4 aromatic rings. The smallest absolute Gasteiger partial charge is 1.00 e. The Labute approximate surface area is 248 Å². The predicted molar refractivity (Wildman–Crippen MR) is 155 cm³/mol. The number of allylic oxidation sites excluding steroid dienone is 2. The van der Waals surface area contributed by atoms with Gasteiger partial charge in [-0.3, -0.25) is 0 Å². The Balaban J connectivity index is 0.00000168. The van der Waals surface area contributed by atoms with Gasteiger partial charge >= 0.3 is 226 Å². The van der Waals surface area contributed by atoms with Gasteiger partial charge in [-0.25, -0.2) is 0 Å². The van der Waals surface area contributed by atoms with Crippen LogP contribution >= 0.6 is 0 Å². The van der Waals surface area contributed by atoms with E-state index in [0.717, 1.165) is 0 Å². The fraction of sp³-hybridized carbons (Fsp3) is 0.176. The molecule has 0 fully saturated rings. The number of aryl methyl sites for hydroxylation is 4. The van der Waals surface area contributed by atoms with E-state index in [0.29, 0.717) is 7.35 Å². The second-order valence-electron chi connectivity index (χ2n) is 10.5. The van der Waals surface area contributed by atoms with E-state index < -0.39 is 26.6 Å². The van der Waals surface area contributed by atoms with Crippen molar-refractivity contribution in [1.82, 2.24) is 0 Å². The van der Waals surface area contributed by atoms with E-state index in [1.165, 1.54) is 33.4 Å². The summed E-state index contributed by atoms with van der Waals surface area (Å²) in [6, 6.07) is 32.6. The molecule has 0 heterocycles. The molecule has 0 saturated carbocycles. The van der Waals surface area contributed by atoms with Crippen molar-refractivity contribution in [3.05, 3.63) is 142 Å². The summed E-state index contributed by atoms with van der Waals surface area (Å²) in [6.45, 7) is 9.27. The zero-order valence-electron chi connectivity index (χ0n) is 22.4. The van der Waals surface area contributed by atoms with Crippen LogP contribution in [0.25, 0.3) is 12.2 Å². The first-order chi connectivity index (χ1) is 17.5. The fourth-order valence-corrected chi connectivity index (χ4v) is 43.2. The molecule has 6 rings (SSSR count). The van der Waals surface area contributed by atoms with E-state index in [2.05, 4.69) is 137 Å². The van der Waals surface area contributed by atoms with Crippen molar-refractivity contribution in [1.29, 1.82) is 0 Å². The van der Waals surface area contributed by atoms with E-state index in [1.54, 1.807) is 21.5 Å². The Kier molecular flexibility index (Phi) is 9.20. The fourth-order valence-electron chi connectivity index (χ4n) is 6.53. The van der Waals surface area contributed by atoms with Gasteiger partial charge in [0.2, 0.25) is 0 Å². The predicted octanol–water partition coefficient (Wildman–Crippen LogP) is 0.921. The van der Waals surface area contributed by atoms with E-state index in [1.807, 2.05) is 0 Å². The third-order valence-electron chi connectivity index (χ3n) is 8.30. The number of hydrogen-bond donors (Lipinski definition) is 0. The Bertz CT molecular complexity index is 1380. The zero-order chi connectivity index (χ0) is 24.8. The molecule has 0 aliphatic heterocycles. The molecule has 0 bridgehead atoms. The molecule has 0 nitrogen and oxygen atoms in total. The third-order valence-corrected chi connectivity index (χ3v) is 39.9. The van der Waals surface area contributed by atoms with Gasteiger partial charge in [0.15, 0.2) is 0 Å². The van der Waals surface area contributed by atoms with Gasteiger partial charge in [-0.2, -0.15) is 0 Å². The molecule has 2 atom stereocenters. The quantitative estimate of drug-likeness (QED) is 0.270. The Hall–Kier alpha value is -1.97. The van der Waals surface area contributed by atoms with E-state index in [9.17, 15) is 0 Å². The molecular formula is C34H33Cl2HfSi. The Morgan fingerprint density at radius 2 is 0.868 bits per heavy atom. The van der Waals surface area contributed by atoms with Gasteiger partial charge in [-0.1, -0.05) is 0 Å². The summed E-state index contributed by atoms with van der Waals surface area (Å²) in [5.41, 5.74) is 12.1. The van der Waals surface area contributed by atoms with Crippen molar-refractivity contribution in [2.75, 3.05) is 0 Å². The van der Waals surface area contributed by atoms with Crippen LogP contribution in [0, 0.1) is 27.7 Å². The van der Waals surface area contributed by atoms with Crippen LogP contribution in [-0.4, -0.2) is 5.98 Å². The summed E-state index contributed by atoms with van der Waals surface area (Å²) in [5.74, 6) is -1.45. The molecule has 0 radical (unpaired) electrons. The van der Waals surface area contributed by atoms with Crippen LogP contribution in [0.15, 0.2) is 97.1 Å². The van der Waals surface area contributed by atoms with Gasteiger partial charge < -0.3 is 24.8 Å². The molecule has 4 heteroatoms. The largest absolute Gasteiger partial charge is 1.00 e. The van der Waals surface area contributed by atoms with Crippen LogP contribution in [0.3, 0.4) is 0 Å². The topological polar surface area (TPSA) is 0 Å². The first-order valence-electron chi connectivity index (χ1n) is 13.1. The minimum absolute atomic E-state index is 0. The molecule has 2 aliphatic carbocycles. The molecule has 4 aromatic carbocycles. The van der Waals surface area contributed by atoms with Gasteiger partial charge in [0.1, 0.15) is 0 Å². The molecule has 2 unspecified atom stereocenters. The normalized spacial score (nSPS) is 16.6. The summed E-state index contributed by atoms with van der Waals surface area (Å²) in [5, 5.41) is 3.26. The second-order valence-corrected chi connectivity index (χ2v) is 32.4. The average Bonchev–Trinajstić information content (AvgIpc) is 3.55. The van der Waals surface area contributed by atoms with Crippen molar-refractivity contribution in [3.8, 4) is 0 Å². The molecule has 38 heavy (non-hydrogen) atoms. The van der Waals surface area contributed by atoms with Crippen LogP contribution in [0.4, 0.5) is 0 Å². The summed E-state index contributed by atoms with van der Waals surface area (Å²) >= 11 is -2.58. The van der Waals surface area contributed by atoms with Crippen LogP contribution < -0.4 is 35.2 Å². The first-order valence-corrected chi connectivity index (χ1v) is 25.2. The number of halogens is 2. The SMILES string of the molecule is Cc1ccc(C)c2c1C=C[CH]2[Hf+2]([CH]1C=Cc2c(C)ccc(C)c21)[SiH](c1ccccc1)c1ccccc1.[Cl-].[Cl-]. The number of hydrogen-bond acceptors (Lipinski definition) is 0. The van der Waals surface area contributed by atoms with Crippen molar-refractivity contribution in [2.24, 2.45) is 0 Å². The second kappa shape index (κ2) is 12.0. The third kappa shape index (κ3) is 5.02. The minimum atomic E-state index is -2.58. The Morgan fingerprint density at radius 1 is 0.500 bits per heavy atom. The Morgan fingerprint density at radius 3 is 1.26 bits per heavy atom. The molecule has 0 N–H and O–H groups in total. The molecule has 0 aromatic heterocycles. The van der Waals surface area contributed by atoms with Crippen molar-refractivity contribution >= 4 is 28.5 Å². The van der Waals surface area contributed by atoms with Gasteiger partial charge in [0.05, 0.1) is 0 Å². The van der Waals surface area contributed by atoms with Crippen LogP contribution in [0.1, 0.15) is 51.9 Å². The van der Waals surface area contributed by atoms with Crippen molar-refractivity contribution in [3.63, 3.8) is 0 Å². The molecule has 0 saturated heterocycles. The summed E-state index contributed by atoms with van der Waals surface area (Å²) in [7, 11) is 0. The molecule has 0 spiro atoms. The molecular weight excluding hydrogens is 686 g/mol. The van der Waals surface area contributed by atoms with E-state index in [4.69, 9.17) is 0 Å². The minimum Gasteiger partial charge on any atom is -1.00 e. The average molecular weight is 719 g/mol. The first kappa shape index (κ1) is 29.0. The molecule has 191 valence electrons. The van der Waals surface area contributed by atoms with Crippen molar-refractivity contribution in [2.45, 2.75) is 35.0 Å². The number of rotatable bonds is 5. The van der Waals surface area contributed by atoms with Crippen LogP contribution in [0.5, 0.6) is 0 Å². The summed E-state index contributed by atoms with van der Waals surface area (Å²) in [4.78, 5) is 0. The summed E-state index contributed by atoms with van der Waals surface area (Å²) in [6.07, 6.45) is 10.2. The standard InChI is InChI=1S/C12H11Si.2C11H11.2ClH.Hf/c1-3-7-11(8-4-1)13-12-9-5-2-6-10-12;2*1-8-6-7-9(2)11-5-3-4-10(8)11;;;/h1-10,13H;2*3-7H,1-2H3;2*1H;/q;;;;;+2/p-2. The van der Waals surface area contributed by atoms with E-state index >= 15 is 0 Å². The number of benzene rings is 4. The molecule has 0 amide bonds. The summed E-state index contributed by atoms with van der Waals surface area (Å²) < 4.78 is 1.23. The zero-order valence-corrected chi connectivity index (χ0v) is 28.6. The van der Waals surface area contributed by atoms with Crippen LogP contribution in [0.2, 0.25) is 0 Å². The van der Waals surface area contributed by atoms with E-state index in [-0.39, 0.29) is 24.8 Å². The monoisotopic (exact) mass is 719 g/mol.